The fraction of sp³-hybridized carbons (Fsp3) is 0.400. The van der Waals surface area contributed by atoms with Gasteiger partial charge in [0.05, 0.1) is 16.3 Å². The van der Waals surface area contributed by atoms with Gasteiger partial charge in [0.15, 0.2) is 0 Å². The minimum Gasteiger partial charge on any atom is -0.455 e. The van der Waals surface area contributed by atoms with Gasteiger partial charge >= 0.3 is 0 Å². The molecule has 0 aliphatic heterocycles. The zero-order valence-electron chi connectivity index (χ0n) is 14.5. The zero-order valence-corrected chi connectivity index (χ0v) is 16.0. The highest BCUT2D eigenvalue weighted by atomic mass is 35.5. The summed E-state index contributed by atoms with van der Waals surface area (Å²) < 4.78 is 5.73. The Bertz CT molecular complexity index is 876. The molecule has 2 fully saturated rings. The van der Waals surface area contributed by atoms with E-state index in [4.69, 9.17) is 27.6 Å². The van der Waals surface area contributed by atoms with Crippen LogP contribution in [0.4, 0.5) is 0 Å². The van der Waals surface area contributed by atoms with Crippen molar-refractivity contribution in [2.45, 2.75) is 32.6 Å². The predicted octanol–water partition coefficient (Wildman–Crippen LogP) is 5.53. The summed E-state index contributed by atoms with van der Waals surface area (Å²) in [6.45, 7) is 2.22. The number of nitrogens with zero attached hydrogens (tertiary/aromatic N) is 1. The van der Waals surface area contributed by atoms with Crippen LogP contribution in [0.25, 0.3) is 11.3 Å². The summed E-state index contributed by atoms with van der Waals surface area (Å²) in [6.07, 6.45) is 6.28. The molecule has 0 radical (unpaired) electrons. The van der Waals surface area contributed by atoms with Crippen molar-refractivity contribution >= 4 is 35.3 Å². The number of benzene rings is 1. The van der Waals surface area contributed by atoms with Gasteiger partial charge < -0.3 is 4.42 Å². The van der Waals surface area contributed by atoms with E-state index in [1.54, 1.807) is 18.2 Å². The van der Waals surface area contributed by atoms with E-state index < -0.39 is 0 Å². The highest BCUT2D eigenvalue weighted by molar-refractivity contribution is 6.42. The van der Waals surface area contributed by atoms with Gasteiger partial charge in [-0.2, -0.15) is 5.10 Å². The maximum Gasteiger partial charge on any atom is 0.244 e. The Morgan fingerprint density at radius 2 is 2.12 bits per heavy atom. The number of carbonyl (C=O) groups excluding carboxylic acids is 1. The molecule has 2 aromatic rings. The molecule has 0 saturated heterocycles. The number of rotatable bonds is 4. The number of furan rings is 1. The van der Waals surface area contributed by atoms with E-state index in [9.17, 15) is 4.79 Å². The number of amides is 1. The maximum absolute atomic E-state index is 12.4. The predicted molar refractivity (Wildman–Crippen MR) is 103 cm³/mol. The molecular formula is C20H20Cl2N2O2. The fourth-order valence-corrected chi connectivity index (χ4v) is 4.60. The van der Waals surface area contributed by atoms with Crippen LogP contribution in [0, 0.1) is 17.3 Å². The van der Waals surface area contributed by atoms with Crippen LogP contribution >= 0.6 is 23.2 Å². The van der Waals surface area contributed by atoms with Crippen molar-refractivity contribution in [1.82, 2.24) is 5.43 Å². The quantitative estimate of drug-likeness (QED) is 0.550. The third kappa shape index (κ3) is 3.17. The van der Waals surface area contributed by atoms with Gasteiger partial charge in [-0.05, 0) is 54.5 Å². The summed E-state index contributed by atoms with van der Waals surface area (Å²) >= 11 is 12.0. The highest BCUT2D eigenvalue weighted by Crippen LogP contribution is 2.66. The molecule has 2 aliphatic carbocycles. The smallest absolute Gasteiger partial charge is 0.244 e. The molecule has 1 amide bonds. The van der Waals surface area contributed by atoms with Crippen LogP contribution in [0.5, 0.6) is 0 Å². The van der Waals surface area contributed by atoms with E-state index in [1.165, 1.54) is 19.1 Å². The lowest BCUT2D eigenvalue weighted by Gasteiger charge is -2.15. The molecule has 3 atom stereocenters. The largest absolute Gasteiger partial charge is 0.455 e. The highest BCUT2D eigenvalue weighted by Gasteiger charge is 2.64. The normalized spacial score (nSPS) is 27.3. The number of nitrogens with one attached hydrogen (secondary N) is 1. The van der Waals surface area contributed by atoms with Gasteiger partial charge in [-0.3, -0.25) is 4.79 Å². The third-order valence-electron chi connectivity index (χ3n) is 5.81. The second-order valence-corrected chi connectivity index (χ2v) is 8.22. The zero-order chi connectivity index (χ0) is 18.3. The van der Waals surface area contributed by atoms with Crippen molar-refractivity contribution in [3.63, 3.8) is 0 Å². The van der Waals surface area contributed by atoms with Crippen LogP contribution in [-0.2, 0) is 4.79 Å². The van der Waals surface area contributed by atoms with Crippen molar-refractivity contribution in [2.24, 2.45) is 22.4 Å². The average Bonchev–Trinajstić information content (AvgIpc) is 2.98. The van der Waals surface area contributed by atoms with Crippen molar-refractivity contribution in [1.29, 1.82) is 0 Å². The molecule has 2 aliphatic rings. The molecule has 1 heterocycles. The molecule has 1 aromatic heterocycles. The van der Waals surface area contributed by atoms with Gasteiger partial charge in [0.2, 0.25) is 5.91 Å². The lowest BCUT2D eigenvalue weighted by molar-refractivity contribution is -0.123. The van der Waals surface area contributed by atoms with Gasteiger partial charge in [-0.25, -0.2) is 5.43 Å². The Kier molecular flexibility index (Phi) is 4.57. The van der Waals surface area contributed by atoms with E-state index in [-0.39, 0.29) is 17.2 Å². The Morgan fingerprint density at radius 3 is 2.85 bits per heavy atom. The lowest BCUT2D eigenvalue weighted by Crippen LogP contribution is -2.22. The number of fused-ring (bicyclic) bond motifs is 1. The number of hydrogen-bond acceptors (Lipinski definition) is 3. The van der Waals surface area contributed by atoms with Gasteiger partial charge in [0.25, 0.3) is 0 Å². The summed E-state index contributed by atoms with van der Waals surface area (Å²) in [5.74, 6) is 1.87. The molecule has 1 N–H and O–H groups in total. The summed E-state index contributed by atoms with van der Waals surface area (Å²) in [6, 6.07) is 8.95. The Hall–Kier alpha value is -1.78. The van der Waals surface area contributed by atoms with E-state index >= 15 is 0 Å². The first-order chi connectivity index (χ1) is 12.5. The molecule has 2 saturated carbocycles. The number of carbonyl (C=O) groups is 1. The summed E-state index contributed by atoms with van der Waals surface area (Å²) in [5, 5.41) is 5.04. The summed E-state index contributed by atoms with van der Waals surface area (Å²) in [5.41, 5.74) is 3.69. The van der Waals surface area contributed by atoms with Crippen molar-refractivity contribution in [3.05, 3.63) is 46.1 Å². The van der Waals surface area contributed by atoms with Crippen LogP contribution in [-0.4, -0.2) is 12.1 Å². The van der Waals surface area contributed by atoms with Crippen LogP contribution < -0.4 is 5.43 Å². The fourth-order valence-electron chi connectivity index (χ4n) is 4.31. The Morgan fingerprint density at radius 1 is 1.27 bits per heavy atom. The first-order valence-corrected chi connectivity index (χ1v) is 9.63. The lowest BCUT2D eigenvalue weighted by atomic mass is 9.90. The Balaban J connectivity index is 1.38. The first kappa shape index (κ1) is 17.6. The molecule has 0 spiro atoms. The topological polar surface area (TPSA) is 54.6 Å². The molecule has 26 heavy (non-hydrogen) atoms. The van der Waals surface area contributed by atoms with Crippen molar-refractivity contribution < 1.29 is 9.21 Å². The third-order valence-corrected chi connectivity index (χ3v) is 6.55. The molecule has 0 bridgehead atoms. The average molecular weight is 391 g/mol. The number of hydrogen-bond donors (Lipinski definition) is 1. The van der Waals surface area contributed by atoms with Gasteiger partial charge in [-0.15, -0.1) is 0 Å². The van der Waals surface area contributed by atoms with Crippen molar-refractivity contribution in [2.75, 3.05) is 0 Å². The molecule has 4 nitrogen and oxygen atoms in total. The summed E-state index contributed by atoms with van der Waals surface area (Å²) in [7, 11) is 0. The Labute approximate surface area is 162 Å². The number of hydrazone groups is 1. The van der Waals surface area contributed by atoms with E-state index in [1.807, 2.05) is 12.1 Å². The van der Waals surface area contributed by atoms with Crippen LogP contribution in [0.3, 0.4) is 0 Å². The van der Waals surface area contributed by atoms with Crippen LogP contribution in [0.2, 0.25) is 10.0 Å². The van der Waals surface area contributed by atoms with Gasteiger partial charge in [-0.1, -0.05) is 43.0 Å². The first-order valence-electron chi connectivity index (χ1n) is 8.87. The molecule has 6 heteroatoms. The van der Waals surface area contributed by atoms with Crippen molar-refractivity contribution in [3.8, 4) is 11.3 Å². The van der Waals surface area contributed by atoms with E-state index in [0.717, 1.165) is 18.4 Å². The molecule has 0 unspecified atom stereocenters. The van der Waals surface area contributed by atoms with E-state index in [0.29, 0.717) is 27.5 Å². The van der Waals surface area contributed by atoms with Crippen LogP contribution in [0.1, 0.15) is 38.4 Å². The monoisotopic (exact) mass is 390 g/mol. The van der Waals surface area contributed by atoms with Gasteiger partial charge in [0, 0.05) is 11.5 Å². The number of halogens is 2. The van der Waals surface area contributed by atoms with Crippen LogP contribution in [0.15, 0.2) is 39.9 Å². The second kappa shape index (κ2) is 6.75. The molecule has 4 rings (SSSR count). The van der Waals surface area contributed by atoms with E-state index in [2.05, 4.69) is 17.5 Å². The second-order valence-electron chi connectivity index (χ2n) is 7.40. The minimum absolute atomic E-state index is 0.0203. The minimum atomic E-state index is 0.0203. The molecule has 136 valence electrons. The SMILES string of the molecule is C[C@]12CCCC[C@@H]1[C@H]2C(=O)N/N=C\c1ccc(-c2ccc(Cl)c(Cl)c2)o1. The molecule has 1 aromatic carbocycles. The maximum atomic E-state index is 12.4. The summed E-state index contributed by atoms with van der Waals surface area (Å²) in [4.78, 5) is 12.4. The molecular weight excluding hydrogens is 371 g/mol. The standard InChI is InChI=1S/C20H20Cl2N2O2/c1-20-9-3-2-4-14(20)18(20)19(25)24-23-11-13-6-8-17(26-13)12-5-7-15(21)16(22)10-12/h5-8,10-11,14,18H,2-4,9H2,1H3,(H,24,25)/b23-11-/t14-,18+,20+/m1/s1. The van der Waals surface area contributed by atoms with Gasteiger partial charge in [0.1, 0.15) is 11.5 Å².